The molecule has 0 spiro atoms. The summed E-state index contributed by atoms with van der Waals surface area (Å²) < 4.78 is 7.23. The predicted octanol–water partition coefficient (Wildman–Crippen LogP) is 1.57. The average Bonchev–Trinajstić information content (AvgIpc) is 2.81. The van der Waals surface area contributed by atoms with Gasteiger partial charge in [-0.25, -0.2) is 4.68 Å². The average molecular weight is 219 g/mol. The third-order valence-electron chi connectivity index (χ3n) is 2.18. The highest BCUT2D eigenvalue weighted by molar-refractivity contribution is 5.27. The summed E-state index contributed by atoms with van der Waals surface area (Å²) in [6, 6.07) is 6.85. The van der Waals surface area contributed by atoms with Crippen LogP contribution in [0, 0.1) is 0 Å². The van der Waals surface area contributed by atoms with Gasteiger partial charge in [-0.15, -0.1) is 5.10 Å². The van der Waals surface area contributed by atoms with Crippen LogP contribution < -0.4 is 0 Å². The fourth-order valence-electron chi connectivity index (χ4n) is 1.46. The number of rotatable bonds is 4. The predicted molar refractivity (Wildman–Crippen MR) is 57.9 cm³/mol. The molecule has 1 heterocycles. The van der Waals surface area contributed by atoms with Gasteiger partial charge in [-0.05, 0) is 19.1 Å². The maximum absolute atomic E-state index is 9.22. The summed E-state index contributed by atoms with van der Waals surface area (Å²) in [5, 5.41) is 16.9. The van der Waals surface area contributed by atoms with E-state index in [1.165, 1.54) is 0 Å². The molecule has 0 amide bonds. The number of hydrogen-bond donors (Lipinski definition) is 1. The summed E-state index contributed by atoms with van der Waals surface area (Å²) in [7, 11) is 0. The van der Waals surface area contributed by atoms with E-state index in [1.807, 2.05) is 6.92 Å². The maximum Gasteiger partial charge on any atom is 0.177 e. The second-order valence-corrected chi connectivity index (χ2v) is 3.28. The molecule has 84 valence electrons. The number of phenols is 1. The lowest BCUT2D eigenvalue weighted by Crippen LogP contribution is -2.15. The van der Waals surface area contributed by atoms with Gasteiger partial charge >= 0.3 is 0 Å². The van der Waals surface area contributed by atoms with Crippen molar-refractivity contribution in [2.45, 2.75) is 13.2 Å². The summed E-state index contributed by atoms with van der Waals surface area (Å²) >= 11 is 0. The molecule has 1 N–H and O–H groups in total. The van der Waals surface area contributed by atoms with Crippen molar-refractivity contribution in [2.75, 3.05) is 6.61 Å². The van der Waals surface area contributed by atoms with Gasteiger partial charge in [0.1, 0.15) is 5.75 Å². The van der Waals surface area contributed by atoms with Crippen LogP contribution in [0.2, 0.25) is 0 Å². The summed E-state index contributed by atoms with van der Waals surface area (Å²) in [6.07, 6.45) is 3.05. The monoisotopic (exact) mass is 219 g/mol. The minimum absolute atomic E-state index is 0.234. The van der Waals surface area contributed by atoms with Crippen molar-refractivity contribution in [1.82, 2.24) is 15.0 Å². The lowest BCUT2D eigenvalue weighted by molar-refractivity contribution is 0.0309. The smallest absolute Gasteiger partial charge is 0.177 e. The summed E-state index contributed by atoms with van der Waals surface area (Å²) in [5.41, 5.74) is 0.921. The highest BCUT2D eigenvalue weighted by atomic mass is 16.5. The Hall–Kier alpha value is -1.88. The highest BCUT2D eigenvalue weighted by Crippen LogP contribution is 2.20. The molecule has 1 aromatic heterocycles. The quantitative estimate of drug-likeness (QED) is 0.847. The molecule has 1 aromatic carbocycles. The van der Waals surface area contributed by atoms with Crippen molar-refractivity contribution in [1.29, 1.82) is 0 Å². The number of benzene rings is 1. The largest absolute Gasteiger partial charge is 0.508 e. The Kier molecular flexibility index (Phi) is 3.16. The minimum Gasteiger partial charge on any atom is -0.508 e. The molecule has 0 radical (unpaired) electrons. The second kappa shape index (κ2) is 4.76. The molecular formula is C11H13N3O2. The van der Waals surface area contributed by atoms with E-state index in [0.29, 0.717) is 6.61 Å². The topological polar surface area (TPSA) is 60.2 Å². The van der Waals surface area contributed by atoms with Crippen LogP contribution in [0.25, 0.3) is 0 Å². The molecule has 0 saturated carbocycles. The Morgan fingerprint density at radius 3 is 2.69 bits per heavy atom. The van der Waals surface area contributed by atoms with Gasteiger partial charge in [0.15, 0.2) is 6.23 Å². The van der Waals surface area contributed by atoms with E-state index in [2.05, 4.69) is 10.3 Å². The number of nitrogens with zero attached hydrogens (tertiary/aromatic N) is 3. The van der Waals surface area contributed by atoms with Crippen molar-refractivity contribution in [3.8, 4) is 5.75 Å². The molecule has 2 aromatic rings. The summed E-state index contributed by atoms with van der Waals surface area (Å²) in [4.78, 5) is 0. The molecule has 0 fully saturated rings. The van der Waals surface area contributed by atoms with Gasteiger partial charge < -0.3 is 9.84 Å². The molecule has 0 saturated heterocycles. The molecule has 0 aliphatic rings. The van der Waals surface area contributed by atoms with Gasteiger partial charge in [0.25, 0.3) is 0 Å². The van der Waals surface area contributed by atoms with Crippen LogP contribution >= 0.6 is 0 Å². The normalized spacial score (nSPS) is 12.6. The fraction of sp³-hybridized carbons (Fsp3) is 0.273. The van der Waals surface area contributed by atoms with Gasteiger partial charge in [0.05, 0.1) is 6.20 Å². The first-order valence-electron chi connectivity index (χ1n) is 5.07. The van der Waals surface area contributed by atoms with E-state index in [-0.39, 0.29) is 12.0 Å². The van der Waals surface area contributed by atoms with Gasteiger partial charge in [-0.3, -0.25) is 0 Å². The van der Waals surface area contributed by atoms with Crippen LogP contribution in [-0.2, 0) is 4.74 Å². The first-order valence-corrected chi connectivity index (χ1v) is 5.07. The van der Waals surface area contributed by atoms with E-state index in [0.717, 1.165) is 5.56 Å². The molecular weight excluding hydrogens is 206 g/mol. The number of aromatic nitrogens is 3. The van der Waals surface area contributed by atoms with Gasteiger partial charge in [0.2, 0.25) is 0 Å². The molecule has 5 heteroatoms. The molecule has 1 atom stereocenters. The van der Waals surface area contributed by atoms with E-state index in [1.54, 1.807) is 41.3 Å². The second-order valence-electron chi connectivity index (χ2n) is 3.28. The fourth-order valence-corrected chi connectivity index (χ4v) is 1.46. The molecule has 16 heavy (non-hydrogen) atoms. The van der Waals surface area contributed by atoms with Crippen LogP contribution in [-0.4, -0.2) is 26.7 Å². The highest BCUT2D eigenvalue weighted by Gasteiger charge is 2.13. The molecule has 0 bridgehead atoms. The van der Waals surface area contributed by atoms with Crippen molar-refractivity contribution in [3.63, 3.8) is 0 Å². The van der Waals surface area contributed by atoms with Gasteiger partial charge in [-0.2, -0.15) is 0 Å². The summed E-state index contributed by atoms with van der Waals surface area (Å²) in [5.74, 6) is 0.234. The lowest BCUT2D eigenvalue weighted by atomic mass is 10.2. The van der Waals surface area contributed by atoms with Crippen molar-refractivity contribution < 1.29 is 9.84 Å². The van der Waals surface area contributed by atoms with Crippen molar-refractivity contribution >= 4 is 0 Å². The van der Waals surface area contributed by atoms with E-state index in [4.69, 9.17) is 4.74 Å². The zero-order valence-electron chi connectivity index (χ0n) is 8.95. The number of ether oxygens (including phenoxy) is 1. The first-order chi connectivity index (χ1) is 7.81. The molecule has 0 aliphatic heterocycles. The molecule has 5 nitrogen and oxygen atoms in total. The third-order valence-corrected chi connectivity index (χ3v) is 2.18. The van der Waals surface area contributed by atoms with Crippen LogP contribution in [0.5, 0.6) is 5.75 Å². The van der Waals surface area contributed by atoms with Gasteiger partial charge in [0, 0.05) is 18.4 Å². The van der Waals surface area contributed by atoms with Crippen LogP contribution in [0.4, 0.5) is 0 Å². The Balaban J connectivity index is 2.29. The van der Waals surface area contributed by atoms with Crippen molar-refractivity contribution in [2.24, 2.45) is 0 Å². The molecule has 2 rings (SSSR count). The summed E-state index contributed by atoms with van der Waals surface area (Å²) in [6.45, 7) is 2.50. The van der Waals surface area contributed by atoms with E-state index < -0.39 is 0 Å². The SMILES string of the molecule is CCOC(c1ccc(O)cc1)n1ccnn1. The zero-order valence-corrected chi connectivity index (χ0v) is 8.95. The minimum atomic E-state index is -0.298. The number of aromatic hydroxyl groups is 1. The Bertz CT molecular complexity index is 425. The molecule has 1 unspecified atom stereocenters. The first kappa shape index (κ1) is 10.6. The van der Waals surface area contributed by atoms with Gasteiger partial charge in [-0.1, -0.05) is 17.3 Å². The van der Waals surface area contributed by atoms with E-state index in [9.17, 15) is 5.11 Å². The Labute approximate surface area is 93.3 Å². The van der Waals surface area contributed by atoms with Crippen molar-refractivity contribution in [3.05, 3.63) is 42.2 Å². The number of hydrogen-bond acceptors (Lipinski definition) is 4. The molecule has 0 aliphatic carbocycles. The van der Waals surface area contributed by atoms with Crippen LogP contribution in [0.1, 0.15) is 18.7 Å². The Morgan fingerprint density at radius 1 is 1.38 bits per heavy atom. The standard InChI is InChI=1S/C11H13N3O2/c1-2-16-11(14-8-7-12-13-14)9-3-5-10(15)6-4-9/h3-8,11,15H,2H2,1H3. The number of phenolic OH excluding ortho intramolecular Hbond substituents is 1. The lowest BCUT2D eigenvalue weighted by Gasteiger charge is -2.17. The Morgan fingerprint density at radius 2 is 2.12 bits per heavy atom. The zero-order chi connectivity index (χ0) is 11.4. The van der Waals surface area contributed by atoms with E-state index >= 15 is 0 Å². The van der Waals surface area contributed by atoms with Crippen LogP contribution in [0.3, 0.4) is 0 Å². The maximum atomic E-state index is 9.22. The third kappa shape index (κ3) is 2.20. The van der Waals surface area contributed by atoms with Crippen LogP contribution in [0.15, 0.2) is 36.7 Å².